The number of hydrogen-bond acceptors (Lipinski definition) is 7. The lowest BCUT2D eigenvalue weighted by atomic mass is 10.1. The number of sulfone groups is 1. The second-order valence-electron chi connectivity index (χ2n) is 7.82. The summed E-state index contributed by atoms with van der Waals surface area (Å²) in [4.78, 5) is 23.1. The fraction of sp³-hybridized carbons (Fsp3) is 0.160. The number of carbonyl (C=O) groups excluding carboxylic acids is 1. The maximum atomic E-state index is 13.9. The van der Waals surface area contributed by atoms with Gasteiger partial charge in [0, 0.05) is 12.2 Å². The van der Waals surface area contributed by atoms with Crippen molar-refractivity contribution in [1.29, 1.82) is 0 Å². The first-order chi connectivity index (χ1) is 17.2. The van der Waals surface area contributed by atoms with Crippen molar-refractivity contribution in [3.8, 4) is 0 Å². The zero-order valence-corrected chi connectivity index (χ0v) is 20.0. The Hall–Kier alpha value is -4.12. The van der Waals surface area contributed by atoms with Crippen molar-refractivity contribution in [2.24, 2.45) is 0 Å². The van der Waals surface area contributed by atoms with Crippen LogP contribution in [-0.4, -0.2) is 30.0 Å². The molecule has 0 atom stereocenters. The van der Waals surface area contributed by atoms with Crippen molar-refractivity contribution < 1.29 is 26.4 Å². The van der Waals surface area contributed by atoms with Gasteiger partial charge in [0.2, 0.25) is 15.0 Å². The summed E-state index contributed by atoms with van der Waals surface area (Å²) in [7, 11) is -3.83. The third-order valence-corrected chi connectivity index (χ3v) is 6.77. The summed E-state index contributed by atoms with van der Waals surface area (Å²) in [6, 6.07) is 14.5. The Labute approximate surface area is 206 Å². The number of nitrogens with zero attached hydrogens (tertiary/aromatic N) is 3. The van der Waals surface area contributed by atoms with Crippen molar-refractivity contribution in [3.05, 3.63) is 102 Å². The van der Waals surface area contributed by atoms with Crippen LogP contribution < -0.4 is 10.2 Å². The largest absolute Gasteiger partial charge is 0.467 e. The minimum absolute atomic E-state index is 0.137. The highest BCUT2D eigenvalue weighted by molar-refractivity contribution is 7.91. The molecule has 1 N–H and O–H groups in total. The number of benzene rings is 2. The van der Waals surface area contributed by atoms with Gasteiger partial charge < -0.3 is 14.6 Å². The second-order valence-corrected chi connectivity index (χ2v) is 9.99. The van der Waals surface area contributed by atoms with Crippen molar-refractivity contribution in [1.82, 2.24) is 9.97 Å². The first-order valence-corrected chi connectivity index (χ1v) is 12.6. The van der Waals surface area contributed by atoms with Gasteiger partial charge in [-0.2, -0.15) is 0 Å². The Kier molecular flexibility index (Phi) is 7.39. The molecule has 0 saturated carbocycles. The van der Waals surface area contributed by atoms with E-state index in [0.29, 0.717) is 11.3 Å². The molecule has 0 fully saturated rings. The monoisotopic (exact) mass is 512 g/mol. The van der Waals surface area contributed by atoms with Crippen molar-refractivity contribution in [2.45, 2.75) is 25.2 Å². The highest BCUT2D eigenvalue weighted by Crippen LogP contribution is 2.26. The average molecular weight is 513 g/mol. The minimum Gasteiger partial charge on any atom is -0.467 e. The Morgan fingerprint density at radius 2 is 1.81 bits per heavy atom. The maximum absolute atomic E-state index is 13.9. The van der Waals surface area contributed by atoms with Crippen LogP contribution >= 0.6 is 0 Å². The molecule has 186 valence electrons. The minimum atomic E-state index is -3.83. The van der Waals surface area contributed by atoms with Crippen LogP contribution in [0.25, 0.3) is 0 Å². The average Bonchev–Trinajstić information content (AvgIpc) is 3.38. The third kappa shape index (κ3) is 5.92. The molecule has 0 radical (unpaired) electrons. The highest BCUT2D eigenvalue weighted by Gasteiger charge is 2.25. The first kappa shape index (κ1) is 25.0. The van der Waals surface area contributed by atoms with Crippen molar-refractivity contribution >= 4 is 27.1 Å². The number of rotatable bonds is 9. The van der Waals surface area contributed by atoms with Crippen LogP contribution in [0.15, 0.2) is 82.7 Å². The lowest BCUT2D eigenvalue weighted by molar-refractivity contribution is 0.102. The van der Waals surface area contributed by atoms with Gasteiger partial charge in [0.25, 0.3) is 5.91 Å². The van der Waals surface area contributed by atoms with E-state index in [1.807, 2.05) is 0 Å². The molecule has 0 unspecified atom stereocenters. The Balaban J connectivity index is 1.79. The summed E-state index contributed by atoms with van der Waals surface area (Å²) in [5.74, 6) is -1.35. The topological polar surface area (TPSA) is 105 Å². The molecule has 0 aliphatic rings. The lowest BCUT2D eigenvalue weighted by Gasteiger charge is -2.25. The molecule has 36 heavy (non-hydrogen) atoms. The summed E-state index contributed by atoms with van der Waals surface area (Å²) in [5, 5.41) is 2.11. The van der Waals surface area contributed by atoms with E-state index in [1.165, 1.54) is 55.8 Å². The SMILES string of the molecule is CCS(=O)(=O)c1ncc(N(Cc2cccc(F)c2)Cc2ccco2)c(C(=O)Nc2ccc(F)cc2)n1. The normalized spacial score (nSPS) is 11.3. The van der Waals surface area contributed by atoms with Gasteiger partial charge in [-0.3, -0.25) is 4.79 Å². The number of furan rings is 1. The fourth-order valence-corrected chi connectivity index (χ4v) is 4.13. The molecule has 2 heterocycles. The maximum Gasteiger partial charge on any atom is 0.276 e. The quantitative estimate of drug-likeness (QED) is 0.327. The van der Waals surface area contributed by atoms with E-state index >= 15 is 0 Å². The van der Waals surface area contributed by atoms with Crippen LogP contribution in [-0.2, 0) is 22.9 Å². The standard InChI is InChI=1S/C25H22F2N4O4S/c1-2-36(33,34)25-28-14-22(23(30-25)24(32)29-20-10-8-18(26)9-11-20)31(16-21-7-4-12-35-21)15-17-5-3-6-19(27)13-17/h3-14H,2,15-16H2,1H3,(H,29,32). The summed E-state index contributed by atoms with van der Waals surface area (Å²) in [6.07, 6.45) is 2.74. The zero-order valence-electron chi connectivity index (χ0n) is 19.2. The lowest BCUT2D eigenvalue weighted by Crippen LogP contribution is -2.27. The smallest absolute Gasteiger partial charge is 0.276 e. The predicted octanol–water partition coefficient (Wildman–Crippen LogP) is 4.60. The van der Waals surface area contributed by atoms with E-state index in [0.717, 1.165) is 0 Å². The van der Waals surface area contributed by atoms with Crippen LogP contribution in [0.2, 0.25) is 0 Å². The third-order valence-electron chi connectivity index (χ3n) is 5.25. The summed E-state index contributed by atoms with van der Waals surface area (Å²) in [6.45, 7) is 1.74. The second kappa shape index (κ2) is 10.6. The number of amides is 1. The molecular formula is C25H22F2N4O4S. The molecule has 8 nitrogen and oxygen atoms in total. The molecule has 2 aromatic heterocycles. The van der Waals surface area contributed by atoms with Gasteiger partial charge in [-0.1, -0.05) is 19.1 Å². The van der Waals surface area contributed by atoms with Crippen molar-refractivity contribution in [3.63, 3.8) is 0 Å². The predicted molar refractivity (Wildman–Crippen MR) is 129 cm³/mol. The molecule has 4 rings (SSSR count). The van der Waals surface area contributed by atoms with E-state index in [1.54, 1.807) is 29.2 Å². The summed E-state index contributed by atoms with van der Waals surface area (Å²) < 4.78 is 57.6. The van der Waals surface area contributed by atoms with E-state index in [-0.39, 0.29) is 35.9 Å². The molecular weight excluding hydrogens is 490 g/mol. The first-order valence-electron chi connectivity index (χ1n) is 10.9. The molecule has 0 aliphatic carbocycles. The van der Waals surface area contributed by atoms with Crippen LogP contribution in [0.5, 0.6) is 0 Å². The molecule has 0 spiro atoms. The molecule has 1 amide bonds. The molecule has 0 bridgehead atoms. The van der Waals surface area contributed by atoms with Gasteiger partial charge in [0.15, 0.2) is 5.69 Å². The van der Waals surface area contributed by atoms with Crippen LogP contribution in [0.4, 0.5) is 20.2 Å². The molecule has 11 heteroatoms. The van der Waals surface area contributed by atoms with Crippen LogP contribution in [0, 0.1) is 11.6 Å². The number of aromatic nitrogens is 2. The number of anilines is 2. The van der Waals surface area contributed by atoms with Gasteiger partial charge >= 0.3 is 0 Å². The molecule has 2 aromatic carbocycles. The highest BCUT2D eigenvalue weighted by atomic mass is 32.2. The summed E-state index contributed by atoms with van der Waals surface area (Å²) in [5.41, 5.74) is 0.861. The molecule has 0 aliphatic heterocycles. The van der Waals surface area contributed by atoms with E-state index in [2.05, 4.69) is 15.3 Å². The van der Waals surface area contributed by atoms with Gasteiger partial charge in [-0.05, 0) is 54.1 Å². The zero-order chi connectivity index (χ0) is 25.7. The Bertz CT molecular complexity index is 1460. The van der Waals surface area contributed by atoms with E-state index < -0.39 is 32.5 Å². The van der Waals surface area contributed by atoms with Crippen LogP contribution in [0.3, 0.4) is 0 Å². The van der Waals surface area contributed by atoms with Gasteiger partial charge in [-0.15, -0.1) is 0 Å². The van der Waals surface area contributed by atoms with Crippen LogP contribution in [0.1, 0.15) is 28.7 Å². The fourth-order valence-electron chi connectivity index (χ4n) is 3.43. The number of halogens is 2. The summed E-state index contributed by atoms with van der Waals surface area (Å²) >= 11 is 0. The van der Waals surface area contributed by atoms with E-state index in [4.69, 9.17) is 4.42 Å². The Morgan fingerprint density at radius 1 is 1.03 bits per heavy atom. The number of nitrogens with one attached hydrogen (secondary N) is 1. The number of carbonyl (C=O) groups is 1. The van der Waals surface area contributed by atoms with Gasteiger partial charge in [0.05, 0.1) is 30.4 Å². The Morgan fingerprint density at radius 3 is 2.47 bits per heavy atom. The molecule has 0 saturated heterocycles. The number of hydrogen-bond donors (Lipinski definition) is 1. The van der Waals surface area contributed by atoms with Gasteiger partial charge in [-0.25, -0.2) is 27.2 Å². The van der Waals surface area contributed by atoms with Gasteiger partial charge in [0.1, 0.15) is 17.4 Å². The van der Waals surface area contributed by atoms with E-state index in [9.17, 15) is 22.0 Å². The molecule has 4 aromatic rings. The van der Waals surface area contributed by atoms with Crippen molar-refractivity contribution in [2.75, 3.05) is 16.0 Å².